The summed E-state index contributed by atoms with van der Waals surface area (Å²) >= 11 is 1.73. The van der Waals surface area contributed by atoms with Crippen LogP contribution in [0.2, 0.25) is 0 Å². The van der Waals surface area contributed by atoms with Crippen molar-refractivity contribution in [1.82, 2.24) is 14.7 Å². The molecule has 2 unspecified atom stereocenters. The molecular weight excluding hydrogens is 474 g/mol. The molecule has 4 rings (SSSR count). The Bertz CT molecular complexity index is 860. The van der Waals surface area contributed by atoms with E-state index in [1.807, 2.05) is 16.7 Å². The topological polar surface area (TPSA) is 81.2 Å². The van der Waals surface area contributed by atoms with Gasteiger partial charge >= 0.3 is 0 Å². The molecule has 1 aliphatic carbocycles. The quantitative estimate of drug-likeness (QED) is 0.402. The first-order valence-corrected chi connectivity index (χ1v) is 14.7. The number of hydrogen-bond donors (Lipinski definition) is 1. The Kier molecular flexibility index (Phi) is 8.87. The average Bonchev–Trinajstić information content (AvgIpc) is 3.53. The minimum absolute atomic E-state index is 0.00773. The molecule has 4 fully saturated rings. The second kappa shape index (κ2) is 11.7. The zero-order valence-electron chi connectivity index (χ0n) is 21.8. The van der Waals surface area contributed by atoms with Crippen molar-refractivity contribution in [2.24, 2.45) is 11.8 Å². The number of rotatable bonds is 12. The number of likely N-dealkylation sites (tertiary alicyclic amines) is 1. The summed E-state index contributed by atoms with van der Waals surface area (Å²) in [4.78, 5) is 47.8. The van der Waals surface area contributed by atoms with Gasteiger partial charge in [0.05, 0.1) is 16.6 Å². The van der Waals surface area contributed by atoms with Crippen LogP contribution in [0.1, 0.15) is 64.7 Å². The largest absolute Gasteiger partial charge is 0.396 e. The van der Waals surface area contributed by atoms with Gasteiger partial charge < -0.3 is 19.8 Å². The predicted molar refractivity (Wildman–Crippen MR) is 143 cm³/mol. The van der Waals surface area contributed by atoms with Gasteiger partial charge in [-0.25, -0.2) is 0 Å². The normalized spacial score (nSPS) is 31.4. The lowest BCUT2D eigenvalue weighted by molar-refractivity contribution is -0.145. The molecule has 2 bridgehead atoms. The third kappa shape index (κ3) is 4.64. The number of aliphatic hydroxyl groups excluding tert-OH is 1. The monoisotopic (exact) mass is 517 g/mol. The summed E-state index contributed by atoms with van der Waals surface area (Å²) in [6, 6.07) is -0.418. The Morgan fingerprint density at radius 2 is 1.86 bits per heavy atom. The van der Waals surface area contributed by atoms with E-state index in [2.05, 4.69) is 13.2 Å². The van der Waals surface area contributed by atoms with Crippen molar-refractivity contribution in [3.8, 4) is 0 Å². The molecule has 3 amide bonds. The van der Waals surface area contributed by atoms with Gasteiger partial charge in [-0.1, -0.05) is 38.3 Å². The molecule has 7 nitrogen and oxygen atoms in total. The van der Waals surface area contributed by atoms with Crippen LogP contribution < -0.4 is 0 Å². The number of carbonyl (C=O) groups excluding carboxylic acids is 3. The molecule has 5 atom stereocenters. The molecule has 0 radical (unpaired) electrons. The standard InChI is InChI=1S/C28H43N3O4S/c1-4-15-29(16-5-2)25(33)22-21-13-14-28(36-21)23(22)26(34)31(18-10-19-32)24(28)27(35)30(17-6-3)20-11-8-7-9-12-20/h4,6,20-24,32H,1,3,5,7-19H2,2H3/t21-,22+,23-,24?,28?/m0/s1. The molecule has 0 aromatic rings. The minimum Gasteiger partial charge on any atom is -0.396 e. The lowest BCUT2D eigenvalue weighted by Gasteiger charge is -2.41. The number of aliphatic hydroxyl groups is 1. The Morgan fingerprint density at radius 3 is 2.50 bits per heavy atom. The molecule has 1 saturated carbocycles. The van der Waals surface area contributed by atoms with Gasteiger partial charge in [-0.15, -0.1) is 24.9 Å². The number of nitrogens with zero attached hydrogens (tertiary/aromatic N) is 3. The third-order valence-electron chi connectivity index (χ3n) is 8.66. The van der Waals surface area contributed by atoms with Crippen LogP contribution in [0.5, 0.6) is 0 Å². The fourth-order valence-electron chi connectivity index (χ4n) is 7.23. The highest BCUT2D eigenvalue weighted by Gasteiger charge is 2.74. The zero-order chi connectivity index (χ0) is 25.9. The summed E-state index contributed by atoms with van der Waals surface area (Å²) in [7, 11) is 0. The number of thioether (sulfide) groups is 1. The first-order chi connectivity index (χ1) is 17.4. The Hall–Kier alpha value is -1.80. The van der Waals surface area contributed by atoms with Gasteiger partial charge in [-0.3, -0.25) is 14.4 Å². The van der Waals surface area contributed by atoms with E-state index in [1.54, 1.807) is 28.8 Å². The van der Waals surface area contributed by atoms with Crippen LogP contribution >= 0.6 is 11.8 Å². The van der Waals surface area contributed by atoms with E-state index in [0.29, 0.717) is 32.6 Å². The van der Waals surface area contributed by atoms with Crippen molar-refractivity contribution in [1.29, 1.82) is 0 Å². The van der Waals surface area contributed by atoms with Crippen LogP contribution in [0.3, 0.4) is 0 Å². The lowest BCUT2D eigenvalue weighted by atomic mass is 9.70. The Balaban J connectivity index is 1.70. The summed E-state index contributed by atoms with van der Waals surface area (Å²) < 4.78 is -0.575. The van der Waals surface area contributed by atoms with E-state index in [-0.39, 0.29) is 35.6 Å². The summed E-state index contributed by atoms with van der Waals surface area (Å²) in [6.45, 7) is 11.7. The molecule has 3 heterocycles. The van der Waals surface area contributed by atoms with Gasteiger partial charge in [0.25, 0.3) is 0 Å². The van der Waals surface area contributed by atoms with Crippen LogP contribution in [-0.2, 0) is 14.4 Å². The van der Waals surface area contributed by atoms with Gasteiger partial charge in [0, 0.05) is 44.1 Å². The van der Waals surface area contributed by atoms with Gasteiger partial charge in [0.2, 0.25) is 17.7 Å². The van der Waals surface area contributed by atoms with Crippen LogP contribution in [0.4, 0.5) is 0 Å². The maximum Gasteiger partial charge on any atom is 0.247 e. The van der Waals surface area contributed by atoms with Crippen LogP contribution in [0.15, 0.2) is 25.3 Å². The van der Waals surface area contributed by atoms with Gasteiger partial charge in [0.15, 0.2) is 0 Å². The molecule has 0 aromatic heterocycles. The van der Waals surface area contributed by atoms with Crippen LogP contribution in [0.25, 0.3) is 0 Å². The number of hydrogen-bond acceptors (Lipinski definition) is 5. The van der Waals surface area contributed by atoms with Crippen molar-refractivity contribution in [3.05, 3.63) is 25.3 Å². The SMILES string of the molecule is C=CCN(CCC)C(=O)[C@@H]1[C@@H]2CCC3(S2)C(C(=O)N(CC=C)C2CCCCC2)N(CCCO)C(=O)[C@H]13. The molecular formula is C28H43N3O4S. The van der Waals surface area contributed by atoms with Crippen molar-refractivity contribution in [2.75, 3.05) is 32.8 Å². The maximum absolute atomic E-state index is 14.4. The summed E-state index contributed by atoms with van der Waals surface area (Å²) in [6.07, 6.45) is 11.8. The second-order valence-corrected chi connectivity index (χ2v) is 12.4. The van der Waals surface area contributed by atoms with E-state index >= 15 is 0 Å². The van der Waals surface area contributed by atoms with Crippen molar-refractivity contribution in [2.45, 2.75) is 86.8 Å². The number of amides is 3. The van der Waals surface area contributed by atoms with Crippen LogP contribution in [-0.4, -0.2) is 92.4 Å². The van der Waals surface area contributed by atoms with Gasteiger partial charge in [-0.2, -0.15) is 0 Å². The predicted octanol–water partition coefficient (Wildman–Crippen LogP) is 3.23. The van der Waals surface area contributed by atoms with Crippen molar-refractivity contribution >= 4 is 29.5 Å². The summed E-state index contributed by atoms with van der Waals surface area (Å²) in [5.41, 5.74) is 0. The van der Waals surface area contributed by atoms with E-state index in [0.717, 1.165) is 44.9 Å². The maximum atomic E-state index is 14.4. The fourth-order valence-corrected chi connectivity index (χ4v) is 9.44. The highest BCUT2D eigenvalue weighted by atomic mass is 32.2. The highest BCUT2D eigenvalue weighted by Crippen LogP contribution is 2.66. The first kappa shape index (κ1) is 27.2. The number of fused-ring (bicyclic) bond motifs is 1. The molecule has 4 aliphatic rings. The molecule has 8 heteroatoms. The third-order valence-corrected chi connectivity index (χ3v) is 10.6. The van der Waals surface area contributed by atoms with Crippen LogP contribution in [0, 0.1) is 11.8 Å². The summed E-state index contributed by atoms with van der Waals surface area (Å²) in [5.74, 6) is -0.928. The highest BCUT2D eigenvalue weighted by molar-refractivity contribution is 8.02. The first-order valence-electron chi connectivity index (χ1n) is 13.8. The lowest BCUT2D eigenvalue weighted by Crippen LogP contribution is -2.57. The molecule has 1 spiro atoms. The van der Waals surface area contributed by atoms with Gasteiger partial charge in [0.1, 0.15) is 6.04 Å². The molecule has 36 heavy (non-hydrogen) atoms. The fraction of sp³-hybridized carbons (Fsp3) is 0.750. The number of carbonyl (C=O) groups is 3. The van der Waals surface area contributed by atoms with E-state index in [9.17, 15) is 19.5 Å². The molecule has 0 aromatic carbocycles. The van der Waals surface area contributed by atoms with Crippen molar-refractivity contribution < 1.29 is 19.5 Å². The molecule has 3 aliphatic heterocycles. The summed E-state index contributed by atoms with van der Waals surface area (Å²) in [5, 5.41) is 9.64. The average molecular weight is 518 g/mol. The minimum atomic E-state index is -0.588. The van der Waals surface area contributed by atoms with E-state index < -0.39 is 22.6 Å². The van der Waals surface area contributed by atoms with E-state index in [4.69, 9.17) is 0 Å². The van der Waals surface area contributed by atoms with Crippen molar-refractivity contribution in [3.63, 3.8) is 0 Å². The zero-order valence-corrected chi connectivity index (χ0v) is 22.6. The Morgan fingerprint density at radius 1 is 1.14 bits per heavy atom. The Labute approximate surface area is 220 Å². The second-order valence-electron chi connectivity index (χ2n) is 10.8. The smallest absolute Gasteiger partial charge is 0.247 e. The van der Waals surface area contributed by atoms with E-state index in [1.165, 1.54) is 6.42 Å². The van der Waals surface area contributed by atoms with Gasteiger partial charge in [-0.05, 0) is 38.5 Å². The molecule has 1 N–H and O–H groups in total. The molecule has 200 valence electrons. The molecule has 3 saturated heterocycles.